The standard InChI is InChI=1S/C22H20O4S.IPS/c1-13-11-14(2)21(19(25)12-13)27-22(16-5-9-18(24)10-6-16)20(26)15-3-7-17(23)8-4-15;1-2-3/h3-12,22-25H,1-2H3;/i/hT. The predicted molar refractivity (Wildman–Crippen MR) is 135 cm³/mol. The fourth-order valence-electron chi connectivity index (χ4n) is 2.90. The van der Waals surface area contributed by atoms with Gasteiger partial charge >= 0.3 is 0 Å². The van der Waals surface area contributed by atoms with Gasteiger partial charge in [-0.2, -0.15) is 0 Å². The van der Waals surface area contributed by atoms with Crippen molar-refractivity contribution in [1.82, 2.24) is 0 Å². The number of thioether (sulfide) groups is 1. The highest BCUT2D eigenvalue weighted by molar-refractivity contribution is 14.2. The van der Waals surface area contributed by atoms with Crippen LogP contribution in [-0.2, 0) is 11.8 Å². The molecule has 156 valence electrons. The number of aromatic hydroxyl groups is 3. The van der Waals surface area contributed by atoms with Gasteiger partial charge in [0, 0.05) is 10.6 Å². The third kappa shape index (κ3) is 6.67. The van der Waals surface area contributed by atoms with E-state index in [4.69, 9.17) is 1.43 Å². The molecule has 8 heteroatoms. The van der Waals surface area contributed by atoms with Gasteiger partial charge in [-0.05, 0) is 107 Å². The molecule has 0 fully saturated rings. The molecule has 0 aliphatic heterocycles. The van der Waals surface area contributed by atoms with Crippen LogP contribution < -0.4 is 0 Å². The number of ketones is 1. The normalized spacial score (nSPS) is 11.8. The SMILES string of the molecule is S=PI.[3H]Oc1ccc(C(Sc2c(C)cc(C)cc2O)C(=O)c2ccc(O)cc2)cc1. The molecule has 0 spiro atoms. The Morgan fingerprint density at radius 2 is 1.63 bits per heavy atom. The molecule has 4 nitrogen and oxygen atoms in total. The number of carbonyl (C=O) groups is 1. The molecule has 3 aromatic rings. The minimum atomic E-state index is -0.614. The lowest BCUT2D eigenvalue weighted by Gasteiger charge is -2.19. The minimum Gasteiger partial charge on any atom is -0.508 e. The number of hydrogen-bond acceptors (Lipinski definition) is 6. The lowest BCUT2D eigenvalue weighted by molar-refractivity contribution is 0.0989. The summed E-state index contributed by atoms with van der Waals surface area (Å²) < 4.78 is 6.99. The third-order valence-corrected chi connectivity index (χ3v) is 5.70. The smallest absolute Gasteiger partial charge is 0.293 e. The Balaban J connectivity index is 0.00000107. The van der Waals surface area contributed by atoms with Gasteiger partial charge in [-0.15, -0.1) is 11.8 Å². The van der Waals surface area contributed by atoms with Crippen molar-refractivity contribution in [2.45, 2.75) is 24.0 Å². The molecule has 0 radical (unpaired) electrons. The first-order chi connectivity index (χ1) is 14.8. The van der Waals surface area contributed by atoms with Gasteiger partial charge in [0.05, 0.1) is 10.1 Å². The van der Waals surface area contributed by atoms with E-state index in [9.17, 15) is 15.0 Å². The summed E-state index contributed by atoms with van der Waals surface area (Å²) in [6, 6.07) is 16.5. The Morgan fingerprint density at radius 1 is 1.07 bits per heavy atom. The second-order valence-electron chi connectivity index (χ2n) is 6.48. The topological polar surface area (TPSA) is 77.8 Å². The fraction of sp³-hybridized carbons (Fsp3) is 0.136. The molecule has 0 aliphatic rings. The fourth-order valence-corrected chi connectivity index (χ4v) is 4.09. The van der Waals surface area contributed by atoms with Crippen LogP contribution in [0.15, 0.2) is 65.6 Å². The number of Topliss-reactive ketones (excluding diaryl/α,β-unsaturated/α-hetero) is 1. The van der Waals surface area contributed by atoms with Crippen molar-refractivity contribution >= 4 is 56.4 Å². The van der Waals surface area contributed by atoms with Crippen LogP contribution in [-0.4, -0.2) is 22.5 Å². The first kappa shape index (κ1) is 23.0. The van der Waals surface area contributed by atoms with Gasteiger partial charge in [-0.25, -0.2) is 0 Å². The summed E-state index contributed by atoms with van der Waals surface area (Å²) in [5.41, 5.74) is 3.01. The maximum atomic E-state index is 13.3. The quantitative estimate of drug-likeness (QED) is 0.129. The lowest BCUT2D eigenvalue weighted by atomic mass is 10.0. The second-order valence-corrected chi connectivity index (χ2v) is 11.7. The van der Waals surface area contributed by atoms with Crippen LogP contribution in [0.2, 0.25) is 0 Å². The Kier molecular flexibility index (Phi) is 8.93. The first-order valence-corrected chi connectivity index (χ1v) is 14.3. The predicted octanol–water partition coefficient (Wildman–Crippen LogP) is 6.88. The number of hydrogen-bond donors (Lipinski definition) is 3. The zero-order valence-corrected chi connectivity index (χ0v) is 20.9. The van der Waals surface area contributed by atoms with E-state index in [0.717, 1.165) is 21.7 Å². The van der Waals surface area contributed by atoms with Gasteiger partial charge in [0.1, 0.15) is 17.2 Å². The molecule has 30 heavy (non-hydrogen) atoms. The van der Waals surface area contributed by atoms with Gasteiger partial charge in [0.15, 0.2) is 5.78 Å². The van der Waals surface area contributed by atoms with Crippen molar-refractivity contribution in [3.8, 4) is 17.2 Å². The van der Waals surface area contributed by atoms with E-state index in [1.54, 1.807) is 42.5 Å². The average molecular weight is 572 g/mol. The molecule has 0 saturated heterocycles. The molecule has 0 saturated carbocycles. The van der Waals surface area contributed by atoms with E-state index < -0.39 is 5.25 Å². The maximum Gasteiger partial charge on any atom is 0.293 e. The van der Waals surface area contributed by atoms with Gasteiger partial charge < -0.3 is 15.3 Å². The molecule has 0 aromatic heterocycles. The number of benzene rings is 3. The van der Waals surface area contributed by atoms with E-state index in [1.807, 2.05) is 19.9 Å². The molecule has 3 aromatic carbocycles. The van der Waals surface area contributed by atoms with Crippen LogP contribution in [0.5, 0.6) is 17.2 Å². The van der Waals surface area contributed by atoms with E-state index in [2.05, 4.69) is 39.0 Å². The van der Waals surface area contributed by atoms with Crippen molar-refractivity contribution in [3.05, 3.63) is 82.9 Å². The highest BCUT2D eigenvalue weighted by Crippen LogP contribution is 2.44. The van der Waals surface area contributed by atoms with Crippen molar-refractivity contribution in [1.29, 1.82) is 1.43 Å². The minimum absolute atomic E-state index is 0.0877. The Bertz CT molecular complexity index is 1020. The van der Waals surface area contributed by atoms with Crippen LogP contribution in [0.4, 0.5) is 0 Å². The van der Waals surface area contributed by atoms with E-state index >= 15 is 0 Å². The number of phenols is 3. The third-order valence-electron chi connectivity index (χ3n) is 4.21. The summed E-state index contributed by atoms with van der Waals surface area (Å²) in [4.78, 5) is 14.9. The maximum absolute atomic E-state index is 13.3. The first-order valence-electron chi connectivity index (χ1n) is 9.18. The van der Waals surface area contributed by atoms with Crippen LogP contribution in [0, 0.1) is 13.8 Å². The Labute approximate surface area is 201 Å². The number of halogens is 1. The molecule has 3 N–H and O–H groups in total. The highest BCUT2D eigenvalue weighted by atomic mass is 127. The Morgan fingerprint density at radius 3 is 2.17 bits per heavy atom. The Hall–Kier alpha value is -1.67. The highest BCUT2D eigenvalue weighted by Gasteiger charge is 2.25. The summed E-state index contributed by atoms with van der Waals surface area (Å²) in [6.45, 7) is 3.80. The van der Waals surface area contributed by atoms with E-state index in [1.165, 1.54) is 23.9 Å². The summed E-state index contributed by atoms with van der Waals surface area (Å²) in [5.74, 6) is 0.449. The lowest BCUT2D eigenvalue weighted by Crippen LogP contribution is -2.10. The van der Waals surface area contributed by atoms with Gasteiger partial charge in [0.2, 0.25) is 0 Å². The molecule has 0 amide bonds. The van der Waals surface area contributed by atoms with E-state index in [0.29, 0.717) is 16.2 Å². The molecule has 0 aliphatic carbocycles. The van der Waals surface area contributed by atoms with Crippen LogP contribution in [0.25, 0.3) is 0 Å². The molecular formula is C22H20IO4PS2. The molecule has 3 rings (SSSR count). The summed E-state index contributed by atoms with van der Waals surface area (Å²) >= 11 is 7.70. The summed E-state index contributed by atoms with van der Waals surface area (Å²) in [7, 11) is 0. The van der Waals surface area contributed by atoms with Crippen molar-refractivity contribution in [2.24, 2.45) is 0 Å². The van der Waals surface area contributed by atoms with Crippen LogP contribution in [0.3, 0.4) is 0 Å². The summed E-state index contributed by atoms with van der Waals surface area (Å²) in [6.07, 6.45) is 0. The van der Waals surface area contributed by atoms with Crippen molar-refractivity contribution in [3.63, 3.8) is 0 Å². The number of phenolic OH excluding ortho intramolecular Hbond substituents is 3. The molecule has 0 heterocycles. The molecule has 1 atom stereocenters. The monoisotopic (exact) mass is 572 g/mol. The molecule has 0 bridgehead atoms. The van der Waals surface area contributed by atoms with Crippen molar-refractivity contribution in [2.75, 3.05) is 0 Å². The van der Waals surface area contributed by atoms with Crippen LogP contribution in [0.1, 0.15) is 32.3 Å². The number of aryl methyl sites for hydroxylation is 2. The summed E-state index contributed by atoms with van der Waals surface area (Å²) in [5, 5.41) is 23.8. The number of carbonyl (C=O) groups excluding carboxylic acids is 1. The average Bonchev–Trinajstić information content (AvgIpc) is 2.74. The van der Waals surface area contributed by atoms with Crippen LogP contribution >= 0.6 is 38.8 Å². The van der Waals surface area contributed by atoms with Gasteiger partial charge in [-0.1, -0.05) is 18.2 Å². The van der Waals surface area contributed by atoms with E-state index in [-0.39, 0.29) is 17.3 Å². The van der Waals surface area contributed by atoms with Crippen molar-refractivity contribution < 1.29 is 20.1 Å². The molecule has 1 unspecified atom stereocenters. The molecular weight excluding hydrogens is 550 g/mol. The largest absolute Gasteiger partial charge is 0.508 e. The zero-order chi connectivity index (χ0) is 23.0. The number of rotatable bonds is 6. The zero-order valence-electron chi connectivity index (χ0n) is 17.2. The second kappa shape index (κ2) is 11.6. The van der Waals surface area contributed by atoms with Gasteiger partial charge in [0.25, 0.3) is 1.43 Å². The van der Waals surface area contributed by atoms with Gasteiger partial charge in [-0.3, -0.25) is 4.79 Å².